The summed E-state index contributed by atoms with van der Waals surface area (Å²) in [6.07, 6.45) is 4.92. The van der Waals surface area contributed by atoms with Crippen LogP contribution >= 0.6 is 24.0 Å². The van der Waals surface area contributed by atoms with Crippen molar-refractivity contribution in [3.63, 3.8) is 0 Å². The van der Waals surface area contributed by atoms with Gasteiger partial charge in [0.15, 0.2) is 5.96 Å². The van der Waals surface area contributed by atoms with E-state index in [4.69, 9.17) is 5.73 Å². The van der Waals surface area contributed by atoms with Gasteiger partial charge in [-0.1, -0.05) is 25.0 Å². The van der Waals surface area contributed by atoms with Crippen molar-refractivity contribution >= 4 is 35.8 Å². The molecule has 122 valence electrons. The molecule has 0 aliphatic carbocycles. The Morgan fingerprint density at radius 3 is 2.59 bits per heavy atom. The number of halogens is 1. The highest BCUT2D eigenvalue weighted by atomic mass is 127. The molecule has 2 rings (SSSR count). The summed E-state index contributed by atoms with van der Waals surface area (Å²) in [6.45, 7) is 2.49. The van der Waals surface area contributed by atoms with Crippen LogP contribution in [0, 0.1) is 0 Å². The number of carbonyl (C=O) groups excluding carboxylic acids is 1. The molecule has 5 nitrogen and oxygen atoms in total. The van der Waals surface area contributed by atoms with E-state index in [2.05, 4.69) is 15.2 Å². The van der Waals surface area contributed by atoms with Crippen LogP contribution in [0.2, 0.25) is 0 Å². The molecule has 0 unspecified atom stereocenters. The fraction of sp³-hybridized carbons (Fsp3) is 0.500. The zero-order chi connectivity index (χ0) is 15.1. The quantitative estimate of drug-likeness (QED) is 0.452. The van der Waals surface area contributed by atoms with Gasteiger partial charge >= 0.3 is 0 Å². The Balaban J connectivity index is 0.00000242. The van der Waals surface area contributed by atoms with E-state index in [0.29, 0.717) is 18.1 Å². The van der Waals surface area contributed by atoms with Gasteiger partial charge in [0.2, 0.25) is 0 Å². The minimum atomic E-state index is -0.0821. The standard InChI is InChI=1S/C16H24N4O.HI/c1-18-15(21)14-8-6-7-13(11-14)12-19-16(17)20-9-4-2-3-5-10-20;/h6-8,11H,2-5,9-10,12H2,1H3,(H2,17,19)(H,18,21);1H. The molecule has 0 atom stereocenters. The van der Waals surface area contributed by atoms with Crippen LogP contribution in [-0.2, 0) is 6.54 Å². The number of guanidine groups is 1. The Labute approximate surface area is 149 Å². The van der Waals surface area contributed by atoms with E-state index in [1.807, 2.05) is 18.2 Å². The average molecular weight is 416 g/mol. The lowest BCUT2D eigenvalue weighted by Gasteiger charge is -2.21. The maximum absolute atomic E-state index is 11.6. The first kappa shape index (κ1) is 18.7. The number of likely N-dealkylation sites (tertiary alicyclic amines) is 1. The number of hydrogen-bond acceptors (Lipinski definition) is 2. The Morgan fingerprint density at radius 1 is 1.27 bits per heavy atom. The SMILES string of the molecule is CNC(=O)c1cccc(CN=C(N)N2CCCCCC2)c1.I. The summed E-state index contributed by atoms with van der Waals surface area (Å²) in [5.41, 5.74) is 7.73. The van der Waals surface area contributed by atoms with Gasteiger partial charge in [-0.2, -0.15) is 0 Å². The summed E-state index contributed by atoms with van der Waals surface area (Å²) in [5, 5.41) is 2.62. The lowest BCUT2D eigenvalue weighted by molar-refractivity contribution is 0.0963. The molecular weight excluding hydrogens is 391 g/mol. The number of hydrogen-bond donors (Lipinski definition) is 2. The second-order valence-corrected chi connectivity index (χ2v) is 5.36. The number of nitrogens with two attached hydrogens (primary N) is 1. The molecule has 22 heavy (non-hydrogen) atoms. The molecule has 0 radical (unpaired) electrons. The molecular formula is C16H25IN4O. The largest absolute Gasteiger partial charge is 0.370 e. The molecule has 1 aliphatic rings. The molecule has 6 heteroatoms. The van der Waals surface area contributed by atoms with E-state index in [0.717, 1.165) is 18.7 Å². The smallest absolute Gasteiger partial charge is 0.251 e. The number of nitrogens with zero attached hydrogens (tertiary/aromatic N) is 2. The third-order valence-corrected chi connectivity index (χ3v) is 3.77. The van der Waals surface area contributed by atoms with Crippen molar-refractivity contribution in [1.82, 2.24) is 10.2 Å². The minimum Gasteiger partial charge on any atom is -0.370 e. The van der Waals surface area contributed by atoms with Gasteiger partial charge in [-0.3, -0.25) is 4.79 Å². The van der Waals surface area contributed by atoms with Crippen LogP contribution in [0.3, 0.4) is 0 Å². The Morgan fingerprint density at radius 2 is 1.95 bits per heavy atom. The maximum atomic E-state index is 11.6. The molecule has 0 aromatic heterocycles. The van der Waals surface area contributed by atoms with Crippen molar-refractivity contribution in [2.75, 3.05) is 20.1 Å². The van der Waals surface area contributed by atoms with Crippen LogP contribution in [0.4, 0.5) is 0 Å². The van der Waals surface area contributed by atoms with E-state index in [1.54, 1.807) is 13.1 Å². The Kier molecular flexibility index (Phi) is 8.22. The predicted molar refractivity (Wildman–Crippen MR) is 101 cm³/mol. The fourth-order valence-electron chi connectivity index (χ4n) is 2.53. The number of aliphatic imine (C=N–C) groups is 1. The molecule has 1 fully saturated rings. The van der Waals surface area contributed by atoms with Crippen molar-refractivity contribution in [1.29, 1.82) is 0 Å². The molecule has 1 heterocycles. The van der Waals surface area contributed by atoms with Crippen LogP contribution < -0.4 is 11.1 Å². The summed E-state index contributed by atoms with van der Waals surface area (Å²) in [6, 6.07) is 7.49. The second-order valence-electron chi connectivity index (χ2n) is 5.36. The molecule has 0 spiro atoms. The van der Waals surface area contributed by atoms with E-state index in [9.17, 15) is 4.79 Å². The first-order valence-corrected chi connectivity index (χ1v) is 7.56. The van der Waals surface area contributed by atoms with Gasteiger partial charge in [-0.05, 0) is 30.5 Å². The van der Waals surface area contributed by atoms with Gasteiger partial charge in [0.25, 0.3) is 5.91 Å². The highest BCUT2D eigenvalue weighted by molar-refractivity contribution is 14.0. The molecule has 0 bridgehead atoms. The third-order valence-electron chi connectivity index (χ3n) is 3.77. The van der Waals surface area contributed by atoms with Gasteiger partial charge in [-0.25, -0.2) is 4.99 Å². The Hall–Kier alpha value is -1.31. The number of benzene rings is 1. The van der Waals surface area contributed by atoms with Crippen molar-refractivity contribution in [2.45, 2.75) is 32.2 Å². The van der Waals surface area contributed by atoms with E-state index in [1.165, 1.54) is 25.7 Å². The van der Waals surface area contributed by atoms with Gasteiger partial charge in [0.05, 0.1) is 6.54 Å². The Bertz CT molecular complexity index is 511. The topological polar surface area (TPSA) is 70.7 Å². The molecule has 1 aliphatic heterocycles. The summed E-state index contributed by atoms with van der Waals surface area (Å²) in [5.74, 6) is 0.531. The molecule has 1 aromatic carbocycles. The first-order valence-electron chi connectivity index (χ1n) is 7.56. The molecule has 1 aromatic rings. The van der Waals surface area contributed by atoms with Crippen LogP contribution in [0.5, 0.6) is 0 Å². The normalized spacial score (nSPS) is 15.7. The minimum absolute atomic E-state index is 0. The van der Waals surface area contributed by atoms with Crippen molar-refractivity contribution in [3.05, 3.63) is 35.4 Å². The molecule has 1 saturated heterocycles. The predicted octanol–water partition coefficient (Wildman–Crippen LogP) is 2.35. The number of nitrogens with one attached hydrogen (secondary N) is 1. The number of rotatable bonds is 3. The maximum Gasteiger partial charge on any atom is 0.251 e. The van der Waals surface area contributed by atoms with Gasteiger partial charge < -0.3 is 16.0 Å². The fourth-order valence-corrected chi connectivity index (χ4v) is 2.53. The average Bonchev–Trinajstić information content (AvgIpc) is 2.81. The van der Waals surface area contributed by atoms with Crippen LogP contribution in [-0.4, -0.2) is 36.9 Å². The van der Waals surface area contributed by atoms with Crippen LogP contribution in [0.1, 0.15) is 41.6 Å². The van der Waals surface area contributed by atoms with Gasteiger partial charge in [0, 0.05) is 25.7 Å². The summed E-state index contributed by atoms with van der Waals surface area (Å²) < 4.78 is 0. The number of amides is 1. The molecule has 3 N–H and O–H groups in total. The number of carbonyl (C=O) groups is 1. The summed E-state index contributed by atoms with van der Waals surface area (Å²) >= 11 is 0. The second kappa shape index (κ2) is 9.66. The van der Waals surface area contributed by atoms with Crippen molar-refractivity contribution < 1.29 is 4.79 Å². The van der Waals surface area contributed by atoms with E-state index >= 15 is 0 Å². The molecule has 1 amide bonds. The van der Waals surface area contributed by atoms with E-state index in [-0.39, 0.29) is 29.9 Å². The zero-order valence-electron chi connectivity index (χ0n) is 13.0. The highest BCUT2D eigenvalue weighted by Crippen LogP contribution is 2.10. The van der Waals surface area contributed by atoms with Crippen molar-refractivity contribution in [3.8, 4) is 0 Å². The van der Waals surface area contributed by atoms with Crippen LogP contribution in [0.15, 0.2) is 29.3 Å². The summed E-state index contributed by atoms with van der Waals surface area (Å²) in [7, 11) is 1.63. The first-order chi connectivity index (χ1) is 10.2. The highest BCUT2D eigenvalue weighted by Gasteiger charge is 2.10. The van der Waals surface area contributed by atoms with Crippen molar-refractivity contribution in [2.24, 2.45) is 10.7 Å². The summed E-state index contributed by atoms with van der Waals surface area (Å²) in [4.78, 5) is 18.2. The third kappa shape index (κ3) is 5.47. The zero-order valence-corrected chi connectivity index (χ0v) is 15.4. The lowest BCUT2D eigenvalue weighted by atomic mass is 10.1. The monoisotopic (exact) mass is 416 g/mol. The van der Waals surface area contributed by atoms with Gasteiger partial charge in [-0.15, -0.1) is 24.0 Å². The van der Waals surface area contributed by atoms with Crippen LogP contribution in [0.25, 0.3) is 0 Å². The lowest BCUT2D eigenvalue weighted by Crippen LogP contribution is -2.38. The molecule has 0 saturated carbocycles. The van der Waals surface area contributed by atoms with E-state index < -0.39 is 0 Å². The van der Waals surface area contributed by atoms with Gasteiger partial charge in [0.1, 0.15) is 0 Å².